The van der Waals surface area contributed by atoms with Crippen LogP contribution in [-0.2, 0) is 11.3 Å². The van der Waals surface area contributed by atoms with Crippen LogP contribution in [0.25, 0.3) is 0 Å². The molecule has 1 amide bonds. The number of rotatable bonds is 8. The Labute approximate surface area is 156 Å². The van der Waals surface area contributed by atoms with E-state index in [-0.39, 0.29) is 5.91 Å². The second-order valence-corrected chi connectivity index (χ2v) is 7.27. The van der Waals surface area contributed by atoms with Gasteiger partial charge in [0.15, 0.2) is 11.5 Å². The number of piperidine rings is 1. The molecule has 0 aromatic carbocycles. The Morgan fingerprint density at radius 1 is 1.31 bits per heavy atom. The highest BCUT2D eigenvalue weighted by Crippen LogP contribution is 2.19. The molecule has 26 heavy (non-hydrogen) atoms. The predicted molar refractivity (Wildman–Crippen MR) is 99.1 cm³/mol. The van der Waals surface area contributed by atoms with Gasteiger partial charge in [0.25, 0.3) is 5.91 Å². The molecule has 0 bridgehead atoms. The zero-order valence-corrected chi connectivity index (χ0v) is 15.9. The van der Waals surface area contributed by atoms with Crippen molar-refractivity contribution in [3.63, 3.8) is 0 Å². The van der Waals surface area contributed by atoms with E-state index in [1.54, 1.807) is 6.07 Å². The molecule has 7 heteroatoms. The van der Waals surface area contributed by atoms with Gasteiger partial charge in [0.05, 0.1) is 19.8 Å². The lowest BCUT2D eigenvalue weighted by Crippen LogP contribution is -2.40. The minimum Gasteiger partial charge on any atom is -0.379 e. The first-order valence-electron chi connectivity index (χ1n) is 10.0. The smallest absolute Gasteiger partial charge is 0.273 e. The van der Waals surface area contributed by atoms with Gasteiger partial charge in [0, 0.05) is 38.3 Å². The fraction of sp³-hybridized carbons (Fsp3) is 0.789. The lowest BCUT2D eigenvalue weighted by molar-refractivity contribution is 0.0305. The maximum absolute atomic E-state index is 12.2. The predicted octanol–water partition coefficient (Wildman–Crippen LogP) is 1.89. The average Bonchev–Trinajstić information content (AvgIpc) is 3.15. The first kappa shape index (κ1) is 19.3. The van der Waals surface area contributed by atoms with Gasteiger partial charge in [0.2, 0.25) is 0 Å². The highest BCUT2D eigenvalue weighted by molar-refractivity contribution is 5.92. The van der Waals surface area contributed by atoms with Crippen molar-refractivity contribution < 1.29 is 14.1 Å². The van der Waals surface area contributed by atoms with Crippen molar-refractivity contribution in [1.29, 1.82) is 0 Å². The van der Waals surface area contributed by atoms with Crippen LogP contribution in [0.1, 0.15) is 55.3 Å². The molecule has 3 heterocycles. The van der Waals surface area contributed by atoms with E-state index in [2.05, 4.69) is 27.2 Å². The Hall–Kier alpha value is -1.44. The molecule has 7 nitrogen and oxygen atoms in total. The molecule has 3 rings (SSSR count). The molecule has 1 N–H and O–H groups in total. The normalized spacial score (nSPS) is 22.4. The van der Waals surface area contributed by atoms with Gasteiger partial charge in [0.1, 0.15) is 0 Å². The van der Waals surface area contributed by atoms with E-state index in [1.165, 1.54) is 32.2 Å². The maximum Gasteiger partial charge on any atom is 0.273 e. The molecule has 2 aliphatic heterocycles. The van der Waals surface area contributed by atoms with Gasteiger partial charge in [-0.25, -0.2) is 0 Å². The number of amides is 1. The van der Waals surface area contributed by atoms with Crippen molar-refractivity contribution in [3.05, 3.63) is 17.5 Å². The molecule has 2 saturated heterocycles. The van der Waals surface area contributed by atoms with Crippen LogP contribution >= 0.6 is 0 Å². The lowest BCUT2D eigenvalue weighted by atomic mass is 10.00. The fourth-order valence-corrected chi connectivity index (χ4v) is 3.87. The van der Waals surface area contributed by atoms with Crippen molar-refractivity contribution in [2.24, 2.45) is 0 Å². The van der Waals surface area contributed by atoms with Gasteiger partial charge < -0.3 is 19.5 Å². The molecule has 1 aromatic rings. The van der Waals surface area contributed by atoms with Gasteiger partial charge in [-0.05, 0) is 32.2 Å². The summed E-state index contributed by atoms with van der Waals surface area (Å²) in [6.07, 6.45) is 6.16. The summed E-state index contributed by atoms with van der Waals surface area (Å²) in [7, 11) is 0. The molecular formula is C19H32N4O3. The molecule has 1 atom stereocenters. The van der Waals surface area contributed by atoms with Gasteiger partial charge in [-0.3, -0.25) is 9.69 Å². The number of ether oxygens (including phenoxy) is 1. The van der Waals surface area contributed by atoms with Crippen LogP contribution < -0.4 is 5.32 Å². The number of nitrogens with one attached hydrogen (secondary N) is 1. The van der Waals surface area contributed by atoms with Crippen LogP contribution in [0.2, 0.25) is 0 Å². The minimum absolute atomic E-state index is 0.146. The number of hydrogen-bond donors (Lipinski definition) is 1. The van der Waals surface area contributed by atoms with Crippen molar-refractivity contribution >= 4 is 5.91 Å². The second-order valence-electron chi connectivity index (χ2n) is 7.27. The number of aromatic nitrogens is 1. The number of carbonyl (C=O) groups is 1. The standard InChI is InChI=1S/C19H32N4O3/c1-2-16-6-3-4-8-23(16)9-5-7-20-19(24)18-14-17(26-21-18)15-22-10-12-25-13-11-22/h14,16H,2-13,15H2,1H3,(H,20,24). The minimum atomic E-state index is -0.146. The molecule has 0 aliphatic carbocycles. The summed E-state index contributed by atoms with van der Waals surface area (Å²) in [4.78, 5) is 17.1. The van der Waals surface area contributed by atoms with E-state index in [1.807, 2.05) is 0 Å². The number of carbonyl (C=O) groups excluding carboxylic acids is 1. The molecule has 0 spiro atoms. The molecule has 1 unspecified atom stereocenters. The Balaban J connectivity index is 1.37. The third kappa shape index (κ3) is 5.53. The van der Waals surface area contributed by atoms with E-state index in [0.717, 1.165) is 51.1 Å². The topological polar surface area (TPSA) is 70.8 Å². The van der Waals surface area contributed by atoms with Crippen LogP contribution in [-0.4, -0.2) is 72.8 Å². The Morgan fingerprint density at radius 2 is 2.15 bits per heavy atom. The fourth-order valence-electron chi connectivity index (χ4n) is 3.87. The van der Waals surface area contributed by atoms with Crippen molar-refractivity contribution in [2.75, 3.05) is 45.9 Å². The maximum atomic E-state index is 12.2. The van der Waals surface area contributed by atoms with Crippen LogP contribution in [0, 0.1) is 0 Å². The summed E-state index contributed by atoms with van der Waals surface area (Å²) >= 11 is 0. The van der Waals surface area contributed by atoms with Crippen LogP contribution in [0.3, 0.4) is 0 Å². The first-order chi connectivity index (χ1) is 12.8. The zero-order valence-electron chi connectivity index (χ0n) is 15.9. The van der Waals surface area contributed by atoms with Crippen LogP contribution in [0.5, 0.6) is 0 Å². The van der Waals surface area contributed by atoms with Gasteiger partial charge >= 0.3 is 0 Å². The van der Waals surface area contributed by atoms with Gasteiger partial charge in [-0.15, -0.1) is 0 Å². The third-order valence-corrected chi connectivity index (χ3v) is 5.40. The quantitative estimate of drug-likeness (QED) is 0.711. The zero-order chi connectivity index (χ0) is 18.2. The van der Waals surface area contributed by atoms with Crippen LogP contribution in [0.4, 0.5) is 0 Å². The SMILES string of the molecule is CCC1CCCCN1CCCNC(=O)c1cc(CN2CCOCC2)on1. The molecular weight excluding hydrogens is 332 g/mol. The highest BCUT2D eigenvalue weighted by atomic mass is 16.5. The van der Waals surface area contributed by atoms with E-state index in [9.17, 15) is 4.79 Å². The summed E-state index contributed by atoms with van der Waals surface area (Å²) in [6, 6.07) is 2.47. The summed E-state index contributed by atoms with van der Waals surface area (Å²) in [5.41, 5.74) is 0.373. The van der Waals surface area contributed by atoms with Crippen molar-refractivity contribution in [2.45, 2.75) is 51.6 Å². The number of nitrogens with zero attached hydrogens (tertiary/aromatic N) is 3. The summed E-state index contributed by atoms with van der Waals surface area (Å²) < 4.78 is 10.7. The van der Waals surface area contributed by atoms with E-state index in [0.29, 0.717) is 18.8 Å². The second kappa shape index (κ2) is 10.0. The van der Waals surface area contributed by atoms with Crippen LogP contribution in [0.15, 0.2) is 10.6 Å². The van der Waals surface area contributed by atoms with E-state index in [4.69, 9.17) is 9.26 Å². The Morgan fingerprint density at radius 3 is 2.96 bits per heavy atom. The third-order valence-electron chi connectivity index (χ3n) is 5.40. The number of likely N-dealkylation sites (tertiary alicyclic amines) is 1. The van der Waals surface area contributed by atoms with E-state index < -0.39 is 0 Å². The molecule has 1 aromatic heterocycles. The summed E-state index contributed by atoms with van der Waals surface area (Å²) in [6.45, 7) is 9.14. The van der Waals surface area contributed by atoms with Gasteiger partial charge in [-0.1, -0.05) is 18.5 Å². The van der Waals surface area contributed by atoms with E-state index >= 15 is 0 Å². The molecule has 2 fully saturated rings. The lowest BCUT2D eigenvalue weighted by Gasteiger charge is -2.35. The van der Waals surface area contributed by atoms with Crippen molar-refractivity contribution in [3.8, 4) is 0 Å². The molecule has 0 radical (unpaired) electrons. The average molecular weight is 364 g/mol. The highest BCUT2D eigenvalue weighted by Gasteiger charge is 2.20. The number of morpholine rings is 1. The monoisotopic (exact) mass is 364 g/mol. The molecule has 2 aliphatic rings. The first-order valence-corrected chi connectivity index (χ1v) is 10.0. The summed E-state index contributed by atoms with van der Waals surface area (Å²) in [5, 5.41) is 6.89. The van der Waals surface area contributed by atoms with Crippen molar-refractivity contribution in [1.82, 2.24) is 20.3 Å². The molecule has 0 saturated carbocycles. The molecule has 146 valence electrons. The Bertz CT molecular complexity index is 557. The Kier molecular flexibility index (Phi) is 7.46. The number of hydrogen-bond acceptors (Lipinski definition) is 6. The summed E-state index contributed by atoms with van der Waals surface area (Å²) in [5.74, 6) is 0.587. The largest absolute Gasteiger partial charge is 0.379 e. The van der Waals surface area contributed by atoms with Gasteiger partial charge in [-0.2, -0.15) is 0 Å².